The van der Waals surface area contributed by atoms with Gasteiger partial charge in [-0.25, -0.2) is 4.79 Å². The lowest BCUT2D eigenvalue weighted by atomic mass is 9.81. The summed E-state index contributed by atoms with van der Waals surface area (Å²) in [7, 11) is 0. The van der Waals surface area contributed by atoms with Crippen LogP contribution >= 0.6 is 0 Å². The largest absolute Gasteiger partial charge is 0.448 e. The van der Waals surface area contributed by atoms with Crippen molar-refractivity contribution >= 4 is 11.9 Å². The van der Waals surface area contributed by atoms with E-state index in [2.05, 4.69) is 29.2 Å². The van der Waals surface area contributed by atoms with Gasteiger partial charge in [0.2, 0.25) is 0 Å². The summed E-state index contributed by atoms with van der Waals surface area (Å²) < 4.78 is 11.7. The van der Waals surface area contributed by atoms with Gasteiger partial charge in [0.25, 0.3) is 0 Å². The number of hydrogen-bond acceptors (Lipinski definition) is 5. The first-order valence-corrected chi connectivity index (χ1v) is 12.8. The number of morpholine rings is 1. The van der Waals surface area contributed by atoms with Crippen LogP contribution in [0.2, 0.25) is 0 Å². The Kier molecular flexibility index (Phi) is 6.28. The van der Waals surface area contributed by atoms with Gasteiger partial charge < -0.3 is 9.47 Å². The molecule has 0 radical (unpaired) electrons. The zero-order chi connectivity index (χ0) is 24.5. The van der Waals surface area contributed by atoms with E-state index in [1.807, 2.05) is 47.4 Å². The highest BCUT2D eigenvalue weighted by Crippen LogP contribution is 2.44. The topological polar surface area (TPSA) is 68.7 Å². The van der Waals surface area contributed by atoms with Gasteiger partial charge in [-0.1, -0.05) is 54.6 Å². The lowest BCUT2D eigenvalue weighted by molar-refractivity contribution is -0.131. The molecule has 3 heterocycles. The number of aryl methyl sites for hydroxylation is 1. The summed E-state index contributed by atoms with van der Waals surface area (Å²) in [6, 6.07) is 22.2. The van der Waals surface area contributed by atoms with Crippen molar-refractivity contribution in [1.82, 2.24) is 9.88 Å². The van der Waals surface area contributed by atoms with E-state index in [4.69, 9.17) is 9.47 Å². The van der Waals surface area contributed by atoms with Crippen molar-refractivity contribution in [3.8, 4) is 11.1 Å². The first-order valence-electron chi connectivity index (χ1n) is 12.8. The highest BCUT2D eigenvalue weighted by Gasteiger charge is 2.44. The number of aromatic nitrogens is 1. The fourth-order valence-electron chi connectivity index (χ4n) is 6.15. The monoisotopic (exact) mass is 482 g/mol. The molecule has 0 spiro atoms. The Morgan fingerprint density at radius 2 is 1.53 bits per heavy atom. The molecule has 2 aliphatic heterocycles. The van der Waals surface area contributed by atoms with Crippen LogP contribution in [0.15, 0.2) is 72.9 Å². The molecule has 1 aliphatic carbocycles. The standard InChI is InChI=1S/C30H30N2O4/c33-29(13-12-21-7-5-6-14-31-21)20-15-22-17-35-18-23(16-20)32(22)30(34)36-19-28-26-10-3-1-8-24(26)25-9-2-4-11-27(25)28/h1-11,14,20,22-23,28H,12-13,15-19H2. The van der Waals surface area contributed by atoms with E-state index in [-0.39, 0.29) is 35.8 Å². The average Bonchev–Trinajstić information content (AvgIpc) is 3.24. The predicted molar refractivity (Wildman–Crippen MR) is 136 cm³/mol. The number of amides is 1. The first-order chi connectivity index (χ1) is 17.7. The second-order valence-corrected chi connectivity index (χ2v) is 10.0. The number of benzene rings is 2. The zero-order valence-corrected chi connectivity index (χ0v) is 20.2. The third-order valence-corrected chi connectivity index (χ3v) is 7.88. The minimum absolute atomic E-state index is 0.0307. The van der Waals surface area contributed by atoms with Crippen LogP contribution in [0.1, 0.15) is 42.0 Å². The number of carbonyl (C=O) groups excluding carboxylic acids is 2. The molecule has 6 nitrogen and oxygen atoms in total. The van der Waals surface area contributed by atoms with Crippen LogP contribution in [0.5, 0.6) is 0 Å². The number of rotatable bonds is 6. The van der Waals surface area contributed by atoms with Gasteiger partial charge in [0.15, 0.2) is 0 Å². The summed E-state index contributed by atoms with van der Waals surface area (Å²) in [6.07, 6.45) is 3.85. The van der Waals surface area contributed by atoms with Crippen LogP contribution < -0.4 is 0 Å². The van der Waals surface area contributed by atoms with Gasteiger partial charge in [-0.05, 0) is 53.6 Å². The number of nitrogens with zero attached hydrogens (tertiary/aromatic N) is 2. The normalized spacial score (nSPS) is 22.6. The molecule has 2 aromatic carbocycles. The van der Waals surface area contributed by atoms with Gasteiger partial charge in [0, 0.05) is 30.1 Å². The van der Waals surface area contributed by atoms with Crippen molar-refractivity contribution in [2.45, 2.75) is 43.7 Å². The first kappa shape index (κ1) is 22.9. The van der Waals surface area contributed by atoms with E-state index < -0.39 is 0 Å². The minimum atomic E-state index is -0.297. The fraction of sp³-hybridized carbons (Fsp3) is 0.367. The molecular formula is C30H30N2O4. The van der Waals surface area contributed by atoms with Crippen molar-refractivity contribution in [3.05, 3.63) is 89.7 Å². The van der Waals surface area contributed by atoms with Crippen molar-refractivity contribution in [1.29, 1.82) is 0 Å². The van der Waals surface area contributed by atoms with Crippen molar-refractivity contribution in [2.75, 3.05) is 19.8 Å². The molecule has 0 N–H and O–H groups in total. The van der Waals surface area contributed by atoms with Crippen molar-refractivity contribution in [3.63, 3.8) is 0 Å². The van der Waals surface area contributed by atoms with Crippen LogP contribution in [0.3, 0.4) is 0 Å². The van der Waals surface area contributed by atoms with Gasteiger partial charge in [0.1, 0.15) is 12.4 Å². The summed E-state index contributed by atoms with van der Waals surface area (Å²) >= 11 is 0. The molecule has 2 bridgehead atoms. The molecule has 6 rings (SSSR count). The lowest BCUT2D eigenvalue weighted by Gasteiger charge is -2.47. The third-order valence-electron chi connectivity index (χ3n) is 7.88. The minimum Gasteiger partial charge on any atom is -0.448 e. The smallest absolute Gasteiger partial charge is 0.410 e. The predicted octanol–water partition coefficient (Wildman–Crippen LogP) is 5.01. The maximum absolute atomic E-state index is 13.3. The second kappa shape index (κ2) is 9.86. The Bertz CT molecular complexity index is 1200. The van der Waals surface area contributed by atoms with Crippen molar-refractivity contribution in [2.24, 2.45) is 5.92 Å². The molecule has 0 saturated carbocycles. The van der Waals surface area contributed by atoms with E-state index in [9.17, 15) is 9.59 Å². The number of piperidine rings is 1. The van der Waals surface area contributed by atoms with Gasteiger partial charge >= 0.3 is 6.09 Å². The Labute approximate surface area is 211 Å². The number of hydrogen-bond donors (Lipinski definition) is 0. The average molecular weight is 483 g/mol. The number of pyridine rings is 1. The van der Waals surface area contributed by atoms with E-state index in [1.165, 1.54) is 22.3 Å². The molecule has 2 fully saturated rings. The van der Waals surface area contributed by atoms with Crippen LogP contribution in [0, 0.1) is 5.92 Å². The Morgan fingerprint density at radius 3 is 2.17 bits per heavy atom. The van der Waals surface area contributed by atoms with E-state index >= 15 is 0 Å². The molecule has 184 valence electrons. The molecule has 2 atom stereocenters. The quantitative estimate of drug-likeness (QED) is 0.494. The van der Waals surface area contributed by atoms with Crippen LogP contribution in [0.25, 0.3) is 11.1 Å². The summed E-state index contributed by atoms with van der Waals surface area (Å²) in [6.45, 7) is 1.20. The number of fused-ring (bicyclic) bond motifs is 5. The maximum Gasteiger partial charge on any atom is 0.410 e. The third kappa shape index (κ3) is 4.30. The number of ether oxygens (including phenoxy) is 2. The molecular weight excluding hydrogens is 452 g/mol. The molecule has 1 amide bonds. The Balaban J connectivity index is 1.10. The molecule has 36 heavy (non-hydrogen) atoms. The summed E-state index contributed by atoms with van der Waals surface area (Å²) in [4.78, 5) is 32.5. The number of carbonyl (C=O) groups is 2. The number of ketones is 1. The maximum atomic E-state index is 13.3. The van der Waals surface area contributed by atoms with Gasteiger partial charge in [0.05, 0.1) is 25.3 Å². The number of Topliss-reactive ketones (excluding diaryl/α,β-unsaturated/α-hetero) is 1. The summed E-state index contributed by atoms with van der Waals surface area (Å²) in [5.41, 5.74) is 5.76. The molecule has 6 heteroatoms. The van der Waals surface area contributed by atoms with E-state index in [1.54, 1.807) is 6.20 Å². The van der Waals surface area contributed by atoms with Gasteiger partial charge in [-0.3, -0.25) is 14.7 Å². The molecule has 1 aromatic heterocycles. The summed E-state index contributed by atoms with van der Waals surface area (Å²) in [5, 5.41) is 0. The highest BCUT2D eigenvalue weighted by molar-refractivity contribution is 5.82. The lowest BCUT2D eigenvalue weighted by Crippen LogP contribution is -2.60. The molecule has 2 saturated heterocycles. The van der Waals surface area contributed by atoms with Gasteiger partial charge in [-0.2, -0.15) is 0 Å². The van der Waals surface area contributed by atoms with Crippen LogP contribution in [-0.4, -0.2) is 53.7 Å². The highest BCUT2D eigenvalue weighted by atomic mass is 16.6. The fourth-order valence-corrected chi connectivity index (χ4v) is 6.15. The van der Waals surface area contributed by atoms with Crippen molar-refractivity contribution < 1.29 is 19.1 Å². The van der Waals surface area contributed by atoms with Crippen LogP contribution in [0.4, 0.5) is 4.79 Å². The second-order valence-electron chi connectivity index (χ2n) is 10.0. The van der Waals surface area contributed by atoms with E-state index in [0.717, 1.165) is 5.69 Å². The van der Waals surface area contributed by atoms with E-state index in [0.29, 0.717) is 45.5 Å². The molecule has 2 unspecified atom stereocenters. The Morgan fingerprint density at radius 1 is 0.889 bits per heavy atom. The molecule has 3 aliphatic rings. The zero-order valence-electron chi connectivity index (χ0n) is 20.2. The van der Waals surface area contributed by atoms with Gasteiger partial charge in [-0.15, -0.1) is 0 Å². The van der Waals surface area contributed by atoms with Crippen LogP contribution in [-0.2, 0) is 20.7 Å². The molecule has 3 aromatic rings. The Hall–Kier alpha value is -3.51. The summed E-state index contributed by atoms with van der Waals surface area (Å²) in [5.74, 6) is 0.234. The SMILES string of the molecule is O=C(CCc1ccccn1)C1CC2COCC(C1)N2C(=O)OCC1c2ccccc2-c2ccccc21.